The van der Waals surface area contributed by atoms with Crippen LogP contribution in [0.3, 0.4) is 0 Å². The van der Waals surface area contributed by atoms with E-state index >= 15 is 0 Å². The average Bonchev–Trinajstić information content (AvgIpc) is 2.78. The number of hydrogen-bond acceptors (Lipinski definition) is 2. The first-order valence-corrected chi connectivity index (χ1v) is 6.19. The van der Waals surface area contributed by atoms with Gasteiger partial charge in [0.15, 0.2) is 0 Å². The van der Waals surface area contributed by atoms with E-state index < -0.39 is 0 Å². The van der Waals surface area contributed by atoms with Crippen molar-refractivity contribution < 1.29 is 4.79 Å². The smallest absolute Gasteiger partial charge is 0.253 e. The summed E-state index contributed by atoms with van der Waals surface area (Å²) < 4.78 is 0. The number of aryl methyl sites for hydroxylation is 1. The lowest BCUT2D eigenvalue weighted by Crippen LogP contribution is -2.32. The SMILES string of the molecule is Cc1ccc(C(=O)N2CCC(C(C)N)C2)cc1.Cl. The van der Waals surface area contributed by atoms with Crippen LogP contribution in [-0.4, -0.2) is 29.9 Å². The third-order valence-electron chi connectivity index (χ3n) is 3.55. The van der Waals surface area contributed by atoms with E-state index in [0.717, 1.165) is 25.1 Å². The van der Waals surface area contributed by atoms with E-state index in [-0.39, 0.29) is 24.4 Å². The lowest BCUT2D eigenvalue weighted by Gasteiger charge is -2.18. The van der Waals surface area contributed by atoms with Gasteiger partial charge in [0.25, 0.3) is 5.91 Å². The van der Waals surface area contributed by atoms with Gasteiger partial charge in [-0.1, -0.05) is 17.7 Å². The number of hydrogen-bond donors (Lipinski definition) is 1. The molecule has 1 heterocycles. The average molecular weight is 269 g/mol. The largest absolute Gasteiger partial charge is 0.338 e. The zero-order chi connectivity index (χ0) is 12.4. The quantitative estimate of drug-likeness (QED) is 0.894. The van der Waals surface area contributed by atoms with Crippen molar-refractivity contribution in [2.75, 3.05) is 13.1 Å². The Morgan fingerprint density at radius 3 is 2.50 bits per heavy atom. The first-order valence-electron chi connectivity index (χ1n) is 6.19. The van der Waals surface area contributed by atoms with Crippen molar-refractivity contribution in [2.24, 2.45) is 11.7 Å². The first kappa shape index (κ1) is 15.0. The van der Waals surface area contributed by atoms with E-state index in [1.165, 1.54) is 5.56 Å². The van der Waals surface area contributed by atoms with Crippen LogP contribution in [0.2, 0.25) is 0 Å². The highest BCUT2D eigenvalue weighted by atomic mass is 35.5. The van der Waals surface area contributed by atoms with Crippen LogP contribution in [-0.2, 0) is 0 Å². The molecule has 1 fully saturated rings. The van der Waals surface area contributed by atoms with Crippen LogP contribution in [0.4, 0.5) is 0 Å². The van der Waals surface area contributed by atoms with Crippen LogP contribution in [0, 0.1) is 12.8 Å². The fourth-order valence-corrected chi connectivity index (χ4v) is 2.28. The Balaban J connectivity index is 0.00000162. The summed E-state index contributed by atoms with van der Waals surface area (Å²) in [6.45, 7) is 5.67. The summed E-state index contributed by atoms with van der Waals surface area (Å²) in [6.07, 6.45) is 1.02. The zero-order valence-corrected chi connectivity index (χ0v) is 11.7. The molecule has 1 saturated heterocycles. The molecule has 0 saturated carbocycles. The maximum atomic E-state index is 12.2. The lowest BCUT2D eigenvalue weighted by molar-refractivity contribution is 0.0786. The number of amides is 1. The molecule has 2 rings (SSSR count). The third-order valence-corrected chi connectivity index (χ3v) is 3.55. The van der Waals surface area contributed by atoms with Gasteiger partial charge >= 0.3 is 0 Å². The van der Waals surface area contributed by atoms with Crippen molar-refractivity contribution in [2.45, 2.75) is 26.3 Å². The number of rotatable bonds is 2. The molecule has 2 unspecified atom stereocenters. The van der Waals surface area contributed by atoms with E-state index in [4.69, 9.17) is 5.73 Å². The van der Waals surface area contributed by atoms with Gasteiger partial charge in [-0.15, -0.1) is 12.4 Å². The topological polar surface area (TPSA) is 46.3 Å². The molecule has 2 N–H and O–H groups in total. The normalized spacial score (nSPS) is 20.4. The van der Waals surface area contributed by atoms with Gasteiger partial charge in [0, 0.05) is 24.7 Å². The summed E-state index contributed by atoms with van der Waals surface area (Å²) in [7, 11) is 0. The molecule has 1 aliphatic heterocycles. The van der Waals surface area contributed by atoms with Crippen LogP contribution in [0.15, 0.2) is 24.3 Å². The third kappa shape index (κ3) is 3.24. The van der Waals surface area contributed by atoms with Gasteiger partial charge in [-0.3, -0.25) is 4.79 Å². The molecule has 18 heavy (non-hydrogen) atoms. The van der Waals surface area contributed by atoms with E-state index in [1.54, 1.807) is 0 Å². The van der Waals surface area contributed by atoms with Crippen molar-refractivity contribution in [3.63, 3.8) is 0 Å². The molecule has 1 amide bonds. The number of nitrogens with zero attached hydrogens (tertiary/aromatic N) is 1. The summed E-state index contributed by atoms with van der Waals surface area (Å²) >= 11 is 0. The maximum Gasteiger partial charge on any atom is 0.253 e. The number of carbonyl (C=O) groups excluding carboxylic acids is 1. The minimum Gasteiger partial charge on any atom is -0.338 e. The predicted molar refractivity (Wildman–Crippen MR) is 76.1 cm³/mol. The predicted octanol–water partition coefficient (Wildman–Crippen LogP) is 2.23. The highest BCUT2D eigenvalue weighted by Gasteiger charge is 2.28. The zero-order valence-electron chi connectivity index (χ0n) is 10.9. The molecule has 4 heteroatoms. The van der Waals surface area contributed by atoms with Gasteiger partial charge in [0.1, 0.15) is 0 Å². The molecule has 1 aromatic carbocycles. The molecular formula is C14H21ClN2O. The Labute approximate surface area is 115 Å². The van der Waals surface area contributed by atoms with E-state index in [0.29, 0.717) is 5.92 Å². The molecule has 0 aromatic heterocycles. The van der Waals surface area contributed by atoms with Crippen molar-refractivity contribution in [3.05, 3.63) is 35.4 Å². The monoisotopic (exact) mass is 268 g/mol. The molecule has 2 atom stereocenters. The van der Waals surface area contributed by atoms with Crippen LogP contribution in [0.5, 0.6) is 0 Å². The molecule has 3 nitrogen and oxygen atoms in total. The fraction of sp³-hybridized carbons (Fsp3) is 0.500. The van der Waals surface area contributed by atoms with Crippen molar-refractivity contribution >= 4 is 18.3 Å². The van der Waals surface area contributed by atoms with E-state index in [2.05, 4.69) is 0 Å². The summed E-state index contributed by atoms with van der Waals surface area (Å²) in [4.78, 5) is 14.1. The lowest BCUT2D eigenvalue weighted by atomic mass is 10.0. The highest BCUT2D eigenvalue weighted by molar-refractivity contribution is 5.94. The number of halogens is 1. The second-order valence-corrected chi connectivity index (χ2v) is 5.03. The van der Waals surface area contributed by atoms with Crippen LogP contribution >= 0.6 is 12.4 Å². The fourth-order valence-electron chi connectivity index (χ4n) is 2.28. The summed E-state index contributed by atoms with van der Waals surface area (Å²) in [5, 5.41) is 0. The number of carbonyl (C=O) groups is 1. The minimum atomic E-state index is 0. The summed E-state index contributed by atoms with van der Waals surface area (Å²) in [5.41, 5.74) is 7.84. The first-order chi connectivity index (χ1) is 8.08. The number of benzene rings is 1. The molecule has 0 spiro atoms. The summed E-state index contributed by atoms with van der Waals surface area (Å²) in [5.74, 6) is 0.581. The van der Waals surface area contributed by atoms with Gasteiger partial charge in [-0.2, -0.15) is 0 Å². The van der Waals surface area contributed by atoms with Crippen molar-refractivity contribution in [1.29, 1.82) is 0 Å². The van der Waals surface area contributed by atoms with Gasteiger partial charge in [0.2, 0.25) is 0 Å². The Morgan fingerprint density at radius 2 is 2.00 bits per heavy atom. The molecule has 100 valence electrons. The van der Waals surface area contributed by atoms with Crippen molar-refractivity contribution in [1.82, 2.24) is 4.90 Å². The van der Waals surface area contributed by atoms with Crippen LogP contribution < -0.4 is 5.73 Å². The number of nitrogens with two attached hydrogens (primary N) is 1. The Hall–Kier alpha value is -1.06. The number of likely N-dealkylation sites (tertiary alicyclic amines) is 1. The second-order valence-electron chi connectivity index (χ2n) is 5.03. The van der Waals surface area contributed by atoms with Gasteiger partial charge < -0.3 is 10.6 Å². The molecule has 1 aliphatic rings. The molecule has 0 radical (unpaired) electrons. The Kier molecular flexibility index (Phi) is 5.17. The molecular weight excluding hydrogens is 248 g/mol. The Morgan fingerprint density at radius 1 is 1.39 bits per heavy atom. The molecule has 0 bridgehead atoms. The minimum absolute atomic E-state index is 0. The van der Waals surface area contributed by atoms with E-state index in [1.807, 2.05) is 43.0 Å². The second kappa shape index (κ2) is 6.21. The van der Waals surface area contributed by atoms with E-state index in [9.17, 15) is 4.79 Å². The highest BCUT2D eigenvalue weighted by Crippen LogP contribution is 2.20. The van der Waals surface area contributed by atoms with Gasteiger partial charge in [-0.05, 0) is 38.3 Å². The molecule has 0 aliphatic carbocycles. The van der Waals surface area contributed by atoms with Crippen molar-refractivity contribution in [3.8, 4) is 0 Å². The van der Waals surface area contributed by atoms with Gasteiger partial charge in [-0.25, -0.2) is 0 Å². The van der Waals surface area contributed by atoms with Crippen LogP contribution in [0.25, 0.3) is 0 Å². The summed E-state index contributed by atoms with van der Waals surface area (Å²) in [6, 6.07) is 7.93. The van der Waals surface area contributed by atoms with Crippen LogP contribution in [0.1, 0.15) is 29.3 Å². The Bertz CT molecular complexity index is 403. The molecule has 1 aromatic rings. The van der Waals surface area contributed by atoms with Gasteiger partial charge in [0.05, 0.1) is 0 Å². The maximum absolute atomic E-state index is 12.2. The standard InChI is InChI=1S/C14H20N2O.ClH/c1-10-3-5-12(6-4-10)14(17)16-8-7-13(9-16)11(2)15;/h3-6,11,13H,7-9,15H2,1-2H3;1H.